The predicted octanol–water partition coefficient (Wildman–Crippen LogP) is 0.690. The van der Waals surface area contributed by atoms with E-state index in [0.29, 0.717) is 5.75 Å². The maximum atomic E-state index is 12.3. The Kier molecular flexibility index (Phi) is 2.63. The monoisotopic (exact) mass is 169 g/mol. The molecule has 0 fully saturated rings. The topological polar surface area (TPSA) is 52.3 Å². The quantitative estimate of drug-likeness (QED) is 0.723. The molecule has 2 N–H and O–H groups in total. The average Bonchev–Trinajstić information content (AvgIpc) is 2.03. The Labute approximate surface area is 68.9 Å². The second-order valence-electron chi connectivity index (χ2n) is 2.21. The molecule has 0 heterocycles. The Bertz CT molecular complexity index is 271. The highest BCUT2D eigenvalue weighted by molar-refractivity contribution is 5.75. The fraction of sp³-hybridized carbons (Fsp3) is 0.125. The maximum absolute atomic E-state index is 12.3. The van der Waals surface area contributed by atoms with Crippen LogP contribution in [0.2, 0.25) is 0 Å². The molecule has 3 nitrogen and oxygen atoms in total. The second kappa shape index (κ2) is 3.71. The normalized spacial score (nSPS) is 9.42. The third-order valence-electron chi connectivity index (χ3n) is 1.19. The Hall–Kier alpha value is -1.58. The van der Waals surface area contributed by atoms with Gasteiger partial charge in [-0.15, -0.1) is 0 Å². The van der Waals surface area contributed by atoms with Gasteiger partial charge in [0, 0.05) is 0 Å². The number of amides is 1. The maximum Gasteiger partial charge on any atom is 0.255 e. The Morgan fingerprint density at radius 1 is 1.42 bits per heavy atom. The number of benzene rings is 1. The average molecular weight is 169 g/mol. The van der Waals surface area contributed by atoms with Crippen LogP contribution in [0.3, 0.4) is 0 Å². The zero-order valence-electron chi connectivity index (χ0n) is 6.29. The van der Waals surface area contributed by atoms with Crippen molar-refractivity contribution < 1.29 is 13.9 Å². The van der Waals surface area contributed by atoms with Crippen LogP contribution in [0, 0.1) is 5.82 Å². The minimum Gasteiger partial charge on any atom is -0.484 e. The van der Waals surface area contributed by atoms with E-state index in [9.17, 15) is 9.18 Å². The molecule has 0 bridgehead atoms. The van der Waals surface area contributed by atoms with E-state index in [1.54, 1.807) is 0 Å². The van der Waals surface area contributed by atoms with Crippen molar-refractivity contribution in [3.05, 3.63) is 30.1 Å². The van der Waals surface area contributed by atoms with E-state index in [4.69, 9.17) is 10.5 Å². The largest absolute Gasteiger partial charge is 0.484 e. The molecule has 1 aromatic rings. The van der Waals surface area contributed by atoms with Gasteiger partial charge < -0.3 is 10.5 Å². The lowest BCUT2D eigenvalue weighted by Gasteiger charge is -2.01. The van der Waals surface area contributed by atoms with Crippen molar-refractivity contribution in [1.82, 2.24) is 0 Å². The molecular weight excluding hydrogens is 161 g/mol. The van der Waals surface area contributed by atoms with Gasteiger partial charge in [0.1, 0.15) is 11.6 Å². The van der Waals surface area contributed by atoms with Crippen LogP contribution < -0.4 is 10.5 Å². The first-order valence-corrected chi connectivity index (χ1v) is 3.35. The molecule has 0 saturated carbocycles. The summed E-state index contributed by atoms with van der Waals surface area (Å²) in [7, 11) is 0. The molecule has 0 spiro atoms. The van der Waals surface area contributed by atoms with Crippen molar-refractivity contribution in [3.63, 3.8) is 0 Å². The number of hydrogen-bond acceptors (Lipinski definition) is 2. The lowest BCUT2D eigenvalue weighted by molar-refractivity contribution is -0.119. The van der Waals surface area contributed by atoms with Gasteiger partial charge in [-0.2, -0.15) is 0 Å². The molecule has 0 atom stereocenters. The number of ether oxygens (including phenoxy) is 1. The number of halogens is 1. The molecule has 0 radical (unpaired) electrons. The number of carbonyl (C=O) groups excluding carboxylic acids is 1. The highest BCUT2D eigenvalue weighted by Crippen LogP contribution is 2.10. The number of carbonyl (C=O) groups is 1. The summed E-state index contributed by atoms with van der Waals surface area (Å²) in [5, 5.41) is 0. The van der Waals surface area contributed by atoms with Crippen molar-refractivity contribution in [3.8, 4) is 5.75 Å². The highest BCUT2D eigenvalue weighted by atomic mass is 19.1. The molecular formula is C8H8FNO2. The van der Waals surface area contributed by atoms with Crippen LogP contribution in [0.4, 0.5) is 4.39 Å². The van der Waals surface area contributed by atoms with E-state index in [-0.39, 0.29) is 12.4 Å². The Balaban J connectivity index is 2.53. The molecule has 0 aromatic heterocycles. The highest BCUT2D eigenvalue weighted by Gasteiger charge is 1.96. The van der Waals surface area contributed by atoms with E-state index in [0.717, 1.165) is 0 Å². The van der Waals surface area contributed by atoms with Crippen molar-refractivity contribution in [2.75, 3.05) is 6.61 Å². The van der Waals surface area contributed by atoms with Crippen molar-refractivity contribution in [1.29, 1.82) is 0 Å². The fourth-order valence-electron chi connectivity index (χ4n) is 0.685. The molecule has 0 aliphatic rings. The van der Waals surface area contributed by atoms with E-state index in [2.05, 4.69) is 0 Å². The van der Waals surface area contributed by atoms with Crippen LogP contribution in [0.25, 0.3) is 0 Å². The molecule has 0 aliphatic carbocycles. The molecule has 0 saturated heterocycles. The van der Waals surface area contributed by atoms with Gasteiger partial charge in [0.05, 0.1) is 0 Å². The third-order valence-corrected chi connectivity index (χ3v) is 1.19. The Morgan fingerprint density at radius 2 is 2.00 bits per heavy atom. The standard InChI is InChI=1S/C8H8FNO2/c9-6-1-3-7(4-2-6)12-5-8(10)11/h1-4H,5H2,(H2,10,11). The first kappa shape index (κ1) is 8.52. The van der Waals surface area contributed by atoms with Gasteiger partial charge in [-0.1, -0.05) is 0 Å². The van der Waals surface area contributed by atoms with E-state index < -0.39 is 5.91 Å². The summed E-state index contributed by atoms with van der Waals surface area (Å²) in [5.41, 5.74) is 4.83. The zero-order valence-corrected chi connectivity index (χ0v) is 6.29. The summed E-state index contributed by atoms with van der Waals surface area (Å²) in [6.45, 7) is -0.189. The van der Waals surface area contributed by atoms with Gasteiger partial charge in [0.25, 0.3) is 5.91 Å². The minimum atomic E-state index is -0.556. The van der Waals surface area contributed by atoms with Crippen molar-refractivity contribution in [2.24, 2.45) is 5.73 Å². The number of primary amides is 1. The smallest absolute Gasteiger partial charge is 0.255 e. The lowest BCUT2D eigenvalue weighted by Crippen LogP contribution is -2.19. The zero-order chi connectivity index (χ0) is 8.97. The van der Waals surface area contributed by atoms with Gasteiger partial charge in [-0.3, -0.25) is 4.79 Å². The molecule has 64 valence electrons. The summed E-state index contributed by atoms with van der Waals surface area (Å²) in [4.78, 5) is 10.3. The third kappa shape index (κ3) is 2.57. The first-order chi connectivity index (χ1) is 5.68. The number of nitrogens with two attached hydrogens (primary N) is 1. The predicted molar refractivity (Wildman–Crippen MR) is 41.1 cm³/mol. The van der Waals surface area contributed by atoms with Gasteiger partial charge >= 0.3 is 0 Å². The van der Waals surface area contributed by atoms with Crippen LogP contribution in [0.1, 0.15) is 0 Å². The van der Waals surface area contributed by atoms with Crippen LogP contribution in [-0.2, 0) is 4.79 Å². The van der Waals surface area contributed by atoms with E-state index in [1.807, 2.05) is 0 Å². The molecule has 0 aliphatic heterocycles. The van der Waals surface area contributed by atoms with E-state index >= 15 is 0 Å². The van der Waals surface area contributed by atoms with Crippen LogP contribution in [0.5, 0.6) is 5.75 Å². The molecule has 4 heteroatoms. The second-order valence-corrected chi connectivity index (χ2v) is 2.21. The van der Waals surface area contributed by atoms with Crippen LogP contribution >= 0.6 is 0 Å². The molecule has 12 heavy (non-hydrogen) atoms. The van der Waals surface area contributed by atoms with Gasteiger partial charge in [-0.25, -0.2) is 4.39 Å². The van der Waals surface area contributed by atoms with Crippen molar-refractivity contribution >= 4 is 5.91 Å². The summed E-state index contributed by atoms with van der Waals surface area (Å²) in [6, 6.07) is 5.35. The minimum absolute atomic E-state index is 0.189. The van der Waals surface area contributed by atoms with Crippen LogP contribution in [-0.4, -0.2) is 12.5 Å². The Morgan fingerprint density at radius 3 is 2.50 bits per heavy atom. The molecule has 1 amide bonds. The molecule has 1 rings (SSSR count). The van der Waals surface area contributed by atoms with Crippen molar-refractivity contribution in [2.45, 2.75) is 0 Å². The SMILES string of the molecule is NC(=O)COc1ccc(F)cc1. The summed E-state index contributed by atoms with van der Waals surface area (Å²) in [5.74, 6) is -0.476. The first-order valence-electron chi connectivity index (χ1n) is 3.35. The van der Waals surface area contributed by atoms with Crippen LogP contribution in [0.15, 0.2) is 24.3 Å². The number of rotatable bonds is 3. The van der Waals surface area contributed by atoms with Gasteiger partial charge in [0.2, 0.25) is 0 Å². The summed E-state index contributed by atoms with van der Waals surface area (Å²) < 4.78 is 17.2. The van der Waals surface area contributed by atoms with E-state index in [1.165, 1.54) is 24.3 Å². The number of hydrogen-bond donors (Lipinski definition) is 1. The van der Waals surface area contributed by atoms with Gasteiger partial charge in [-0.05, 0) is 24.3 Å². The lowest BCUT2D eigenvalue weighted by atomic mass is 10.3. The molecule has 0 unspecified atom stereocenters. The van der Waals surface area contributed by atoms with Gasteiger partial charge in [0.15, 0.2) is 6.61 Å². The molecule has 1 aromatic carbocycles. The summed E-state index contributed by atoms with van der Waals surface area (Å²) in [6.07, 6.45) is 0. The fourth-order valence-corrected chi connectivity index (χ4v) is 0.685. The summed E-state index contributed by atoms with van der Waals surface area (Å²) >= 11 is 0.